The van der Waals surface area contributed by atoms with Crippen molar-refractivity contribution in [1.29, 1.82) is 0 Å². The molecular weight excluding hydrogens is 424 g/mol. The van der Waals surface area contributed by atoms with Crippen molar-refractivity contribution in [1.82, 2.24) is 9.88 Å². The maximum Gasteiger partial charge on any atom is 0.269 e. The SMILES string of the molecule is O=C(c1ccc([N+](=O)[O-])cc1)N1CCN(c2ccc3cc(Br)ccc3n2)CC1. The monoisotopic (exact) mass is 440 g/mol. The summed E-state index contributed by atoms with van der Waals surface area (Å²) in [4.78, 5) is 31.6. The van der Waals surface area contributed by atoms with Gasteiger partial charge in [-0.1, -0.05) is 15.9 Å². The number of amides is 1. The van der Waals surface area contributed by atoms with Crippen molar-refractivity contribution in [2.45, 2.75) is 0 Å². The predicted octanol–water partition coefficient (Wildman–Crippen LogP) is 3.87. The molecule has 1 aliphatic rings. The molecule has 28 heavy (non-hydrogen) atoms. The summed E-state index contributed by atoms with van der Waals surface area (Å²) < 4.78 is 1.02. The second-order valence-corrected chi connectivity index (χ2v) is 7.51. The van der Waals surface area contributed by atoms with Gasteiger partial charge in [-0.3, -0.25) is 14.9 Å². The Morgan fingerprint density at radius 3 is 2.39 bits per heavy atom. The van der Waals surface area contributed by atoms with Crippen LogP contribution in [0.5, 0.6) is 0 Å². The fourth-order valence-electron chi connectivity index (χ4n) is 3.31. The van der Waals surface area contributed by atoms with Crippen molar-refractivity contribution in [3.63, 3.8) is 0 Å². The number of carbonyl (C=O) groups excluding carboxylic acids is 1. The number of nitro benzene ring substituents is 1. The van der Waals surface area contributed by atoms with Gasteiger partial charge in [0.25, 0.3) is 11.6 Å². The first kappa shape index (κ1) is 18.4. The van der Waals surface area contributed by atoms with E-state index in [1.165, 1.54) is 24.3 Å². The summed E-state index contributed by atoms with van der Waals surface area (Å²) in [7, 11) is 0. The molecule has 4 rings (SSSR count). The molecule has 1 saturated heterocycles. The normalized spacial score (nSPS) is 14.3. The van der Waals surface area contributed by atoms with Crippen LogP contribution in [0, 0.1) is 10.1 Å². The number of pyridine rings is 1. The highest BCUT2D eigenvalue weighted by Gasteiger charge is 2.23. The zero-order chi connectivity index (χ0) is 19.7. The van der Waals surface area contributed by atoms with Crippen molar-refractivity contribution >= 4 is 44.2 Å². The molecule has 1 aliphatic heterocycles. The molecule has 3 aromatic rings. The molecule has 1 amide bonds. The lowest BCUT2D eigenvalue weighted by molar-refractivity contribution is -0.384. The van der Waals surface area contributed by atoms with Gasteiger partial charge in [0.05, 0.1) is 10.4 Å². The van der Waals surface area contributed by atoms with E-state index in [2.05, 4.69) is 26.9 Å². The van der Waals surface area contributed by atoms with Crippen LogP contribution >= 0.6 is 15.9 Å². The van der Waals surface area contributed by atoms with E-state index in [9.17, 15) is 14.9 Å². The van der Waals surface area contributed by atoms with Crippen molar-refractivity contribution in [3.8, 4) is 0 Å². The van der Waals surface area contributed by atoms with Gasteiger partial charge in [0.15, 0.2) is 0 Å². The molecule has 0 unspecified atom stereocenters. The first-order valence-electron chi connectivity index (χ1n) is 8.86. The highest BCUT2D eigenvalue weighted by molar-refractivity contribution is 9.10. The first-order chi connectivity index (χ1) is 13.5. The maximum atomic E-state index is 12.6. The van der Waals surface area contributed by atoms with E-state index in [4.69, 9.17) is 4.98 Å². The van der Waals surface area contributed by atoms with E-state index in [0.29, 0.717) is 31.7 Å². The highest BCUT2D eigenvalue weighted by Crippen LogP contribution is 2.23. The Morgan fingerprint density at radius 1 is 1.00 bits per heavy atom. The first-order valence-corrected chi connectivity index (χ1v) is 9.65. The molecule has 2 aromatic carbocycles. The highest BCUT2D eigenvalue weighted by atomic mass is 79.9. The number of halogens is 1. The quantitative estimate of drug-likeness (QED) is 0.456. The molecule has 1 aromatic heterocycles. The minimum Gasteiger partial charge on any atom is -0.353 e. The van der Waals surface area contributed by atoms with E-state index in [-0.39, 0.29) is 11.6 Å². The zero-order valence-corrected chi connectivity index (χ0v) is 16.5. The van der Waals surface area contributed by atoms with Crippen LogP contribution in [0.3, 0.4) is 0 Å². The molecule has 1 fully saturated rings. The molecule has 0 N–H and O–H groups in total. The fraction of sp³-hybridized carbons (Fsp3) is 0.200. The third-order valence-corrected chi connectivity index (χ3v) is 5.35. The van der Waals surface area contributed by atoms with Crippen LogP contribution in [-0.2, 0) is 0 Å². The molecule has 2 heterocycles. The Hall–Kier alpha value is -3.00. The van der Waals surface area contributed by atoms with Crippen molar-refractivity contribution in [2.75, 3.05) is 31.1 Å². The average molecular weight is 441 g/mol. The van der Waals surface area contributed by atoms with E-state index in [1.54, 1.807) is 4.90 Å². The Kier molecular flexibility index (Phi) is 4.95. The zero-order valence-electron chi connectivity index (χ0n) is 14.9. The number of piperazine rings is 1. The number of aromatic nitrogens is 1. The largest absolute Gasteiger partial charge is 0.353 e. The molecule has 0 bridgehead atoms. The summed E-state index contributed by atoms with van der Waals surface area (Å²) in [5.41, 5.74) is 1.38. The fourth-order valence-corrected chi connectivity index (χ4v) is 3.69. The standard InChI is InChI=1S/C20H17BrN4O3/c21-16-4-7-18-15(13-16)3-8-19(22-18)23-9-11-24(12-10-23)20(26)14-1-5-17(6-2-14)25(27)28/h1-8,13H,9-12H2. The molecule has 0 aliphatic carbocycles. The van der Waals surface area contributed by atoms with Crippen LogP contribution in [0.1, 0.15) is 10.4 Å². The van der Waals surface area contributed by atoms with Gasteiger partial charge in [-0.25, -0.2) is 4.98 Å². The third kappa shape index (κ3) is 3.68. The molecule has 142 valence electrons. The Labute approximate surface area is 169 Å². The third-order valence-electron chi connectivity index (χ3n) is 4.85. The van der Waals surface area contributed by atoms with Gasteiger partial charge < -0.3 is 9.80 Å². The molecule has 0 spiro atoms. The van der Waals surface area contributed by atoms with Crippen LogP contribution in [0.15, 0.2) is 59.1 Å². The minimum absolute atomic E-state index is 0.0178. The van der Waals surface area contributed by atoms with E-state index in [1.807, 2.05) is 24.3 Å². The van der Waals surface area contributed by atoms with Crippen LogP contribution in [0.25, 0.3) is 10.9 Å². The van der Waals surface area contributed by atoms with Crippen LogP contribution in [0.4, 0.5) is 11.5 Å². The number of hydrogen-bond acceptors (Lipinski definition) is 5. The van der Waals surface area contributed by atoms with Gasteiger partial charge >= 0.3 is 0 Å². The smallest absolute Gasteiger partial charge is 0.269 e. The van der Waals surface area contributed by atoms with Gasteiger partial charge in [0.1, 0.15) is 5.82 Å². The molecule has 0 atom stereocenters. The summed E-state index contributed by atoms with van der Waals surface area (Å²) >= 11 is 3.47. The van der Waals surface area contributed by atoms with Crippen molar-refractivity contribution in [2.24, 2.45) is 0 Å². The van der Waals surface area contributed by atoms with Gasteiger partial charge in [-0.15, -0.1) is 0 Å². The lowest BCUT2D eigenvalue weighted by Gasteiger charge is -2.35. The summed E-state index contributed by atoms with van der Waals surface area (Å²) in [5.74, 6) is 0.795. The number of nitro groups is 1. The number of hydrogen-bond donors (Lipinski definition) is 0. The lowest BCUT2D eigenvalue weighted by Crippen LogP contribution is -2.49. The second kappa shape index (κ2) is 7.55. The molecule has 8 heteroatoms. The van der Waals surface area contributed by atoms with Crippen LogP contribution < -0.4 is 4.90 Å². The number of non-ortho nitro benzene ring substituents is 1. The van der Waals surface area contributed by atoms with E-state index >= 15 is 0 Å². The number of anilines is 1. The number of benzene rings is 2. The van der Waals surface area contributed by atoms with Gasteiger partial charge in [0.2, 0.25) is 0 Å². The topological polar surface area (TPSA) is 79.6 Å². The van der Waals surface area contributed by atoms with Crippen LogP contribution in [-0.4, -0.2) is 46.9 Å². The van der Waals surface area contributed by atoms with E-state index in [0.717, 1.165) is 21.2 Å². The minimum atomic E-state index is -0.470. The van der Waals surface area contributed by atoms with Gasteiger partial charge in [-0.05, 0) is 42.5 Å². The summed E-state index contributed by atoms with van der Waals surface area (Å²) in [6, 6.07) is 15.8. The Bertz CT molecular complexity index is 1050. The number of rotatable bonds is 3. The Morgan fingerprint density at radius 2 is 1.71 bits per heavy atom. The summed E-state index contributed by atoms with van der Waals surface area (Å²) in [6.45, 7) is 2.53. The van der Waals surface area contributed by atoms with E-state index < -0.39 is 4.92 Å². The summed E-state index contributed by atoms with van der Waals surface area (Å²) in [5, 5.41) is 11.8. The molecule has 0 saturated carbocycles. The lowest BCUT2D eigenvalue weighted by atomic mass is 10.1. The maximum absolute atomic E-state index is 12.6. The molecular formula is C20H17BrN4O3. The number of fused-ring (bicyclic) bond motifs is 1. The van der Waals surface area contributed by atoms with Gasteiger partial charge in [-0.2, -0.15) is 0 Å². The average Bonchev–Trinajstić information content (AvgIpc) is 2.73. The van der Waals surface area contributed by atoms with Crippen molar-refractivity contribution < 1.29 is 9.72 Å². The summed E-state index contributed by atoms with van der Waals surface area (Å²) in [6.07, 6.45) is 0. The number of nitrogens with zero attached hydrogens (tertiary/aromatic N) is 4. The second-order valence-electron chi connectivity index (χ2n) is 6.59. The van der Waals surface area contributed by atoms with Crippen molar-refractivity contribution in [3.05, 3.63) is 74.7 Å². The molecule has 0 radical (unpaired) electrons. The van der Waals surface area contributed by atoms with Crippen LogP contribution in [0.2, 0.25) is 0 Å². The predicted molar refractivity (Wildman–Crippen MR) is 111 cm³/mol. The van der Waals surface area contributed by atoms with Gasteiger partial charge in [0, 0.05) is 53.7 Å². The Balaban J connectivity index is 1.43. The number of carbonyl (C=O) groups is 1. The molecule has 7 nitrogen and oxygen atoms in total.